The molecule has 2 N–H and O–H groups in total. The van der Waals surface area contributed by atoms with Gasteiger partial charge in [0.15, 0.2) is 0 Å². The Hall–Kier alpha value is -0.860. The molecule has 96 valence electrons. The smallest absolute Gasteiger partial charge is 0.0723 e. The number of hydrogen-bond acceptors (Lipinski definition) is 2. The largest absolute Gasteiger partial charge is 0.377 e. The van der Waals surface area contributed by atoms with Gasteiger partial charge in [-0.3, -0.25) is 0 Å². The Morgan fingerprint density at radius 1 is 1.18 bits per heavy atom. The van der Waals surface area contributed by atoms with E-state index >= 15 is 0 Å². The van der Waals surface area contributed by atoms with E-state index in [1.165, 1.54) is 5.56 Å². The van der Waals surface area contributed by atoms with Crippen molar-refractivity contribution in [3.05, 3.63) is 35.9 Å². The Bertz CT molecular complexity index is 286. The third-order valence-corrected chi connectivity index (χ3v) is 3.11. The summed E-state index contributed by atoms with van der Waals surface area (Å²) in [5.41, 5.74) is 7.55. The zero-order valence-corrected chi connectivity index (χ0v) is 11.1. The number of hydrogen-bond donors (Lipinski definition) is 1. The van der Waals surface area contributed by atoms with Crippen LogP contribution in [-0.2, 0) is 11.2 Å². The SMILES string of the molecule is CCOC(CC)C(N)CCCc1ccccc1. The molecule has 17 heavy (non-hydrogen) atoms. The molecule has 0 fully saturated rings. The van der Waals surface area contributed by atoms with Crippen molar-refractivity contribution in [2.24, 2.45) is 5.73 Å². The monoisotopic (exact) mass is 235 g/mol. The van der Waals surface area contributed by atoms with E-state index in [0.717, 1.165) is 32.3 Å². The minimum atomic E-state index is 0.170. The third kappa shape index (κ3) is 5.33. The Kier molecular flexibility index (Phi) is 6.90. The maximum Gasteiger partial charge on any atom is 0.0723 e. The Balaban J connectivity index is 2.25. The number of benzene rings is 1. The van der Waals surface area contributed by atoms with E-state index in [1.807, 2.05) is 6.92 Å². The van der Waals surface area contributed by atoms with Crippen molar-refractivity contribution in [3.63, 3.8) is 0 Å². The highest BCUT2D eigenvalue weighted by Gasteiger charge is 2.15. The van der Waals surface area contributed by atoms with E-state index in [0.29, 0.717) is 0 Å². The normalized spacial score (nSPS) is 14.5. The average molecular weight is 235 g/mol. The Morgan fingerprint density at radius 3 is 2.47 bits per heavy atom. The molecule has 0 radical (unpaired) electrons. The van der Waals surface area contributed by atoms with Gasteiger partial charge in [-0.2, -0.15) is 0 Å². The van der Waals surface area contributed by atoms with Crippen LogP contribution in [0.4, 0.5) is 0 Å². The second-order valence-electron chi connectivity index (χ2n) is 4.44. The summed E-state index contributed by atoms with van der Waals surface area (Å²) in [5.74, 6) is 0. The van der Waals surface area contributed by atoms with E-state index in [4.69, 9.17) is 10.5 Å². The quantitative estimate of drug-likeness (QED) is 0.751. The average Bonchev–Trinajstić information content (AvgIpc) is 2.37. The highest BCUT2D eigenvalue weighted by molar-refractivity contribution is 5.14. The molecule has 0 aliphatic heterocycles. The molecule has 1 rings (SSSR count). The fourth-order valence-electron chi connectivity index (χ4n) is 2.13. The van der Waals surface area contributed by atoms with Crippen molar-refractivity contribution in [2.75, 3.05) is 6.61 Å². The van der Waals surface area contributed by atoms with Gasteiger partial charge in [0.1, 0.15) is 0 Å². The third-order valence-electron chi connectivity index (χ3n) is 3.11. The first kappa shape index (κ1) is 14.2. The minimum absolute atomic E-state index is 0.170. The van der Waals surface area contributed by atoms with E-state index in [1.54, 1.807) is 0 Å². The van der Waals surface area contributed by atoms with Crippen LogP contribution in [0.25, 0.3) is 0 Å². The van der Waals surface area contributed by atoms with Crippen LogP contribution >= 0.6 is 0 Å². The molecule has 2 heteroatoms. The maximum absolute atomic E-state index is 6.15. The number of ether oxygens (including phenoxy) is 1. The standard InChI is InChI=1S/C15H25NO/c1-3-15(17-4-2)14(16)12-8-11-13-9-6-5-7-10-13/h5-7,9-10,14-15H,3-4,8,11-12,16H2,1-2H3. The summed E-state index contributed by atoms with van der Waals surface area (Å²) in [6.45, 7) is 4.92. The number of nitrogens with two attached hydrogens (primary N) is 1. The van der Waals surface area contributed by atoms with Crippen LogP contribution in [0.1, 0.15) is 38.7 Å². The number of aryl methyl sites for hydroxylation is 1. The van der Waals surface area contributed by atoms with Crippen LogP contribution in [0.2, 0.25) is 0 Å². The molecule has 0 saturated heterocycles. The second-order valence-corrected chi connectivity index (χ2v) is 4.44. The summed E-state index contributed by atoms with van der Waals surface area (Å²) in [6.07, 6.45) is 4.50. The van der Waals surface area contributed by atoms with E-state index in [-0.39, 0.29) is 12.1 Å². The van der Waals surface area contributed by atoms with Crippen molar-refractivity contribution in [3.8, 4) is 0 Å². The molecule has 0 aromatic heterocycles. The van der Waals surface area contributed by atoms with Crippen LogP contribution in [0.15, 0.2) is 30.3 Å². The van der Waals surface area contributed by atoms with Gasteiger partial charge in [-0.05, 0) is 38.2 Å². The van der Waals surface area contributed by atoms with Gasteiger partial charge in [0.05, 0.1) is 6.10 Å². The van der Waals surface area contributed by atoms with Crippen molar-refractivity contribution in [1.82, 2.24) is 0 Å². The molecule has 0 heterocycles. The molecule has 0 amide bonds. The molecule has 0 spiro atoms. The fourth-order valence-corrected chi connectivity index (χ4v) is 2.13. The van der Waals surface area contributed by atoms with Gasteiger partial charge in [0.25, 0.3) is 0 Å². The van der Waals surface area contributed by atoms with Crippen molar-refractivity contribution >= 4 is 0 Å². The summed E-state index contributed by atoms with van der Waals surface area (Å²) in [7, 11) is 0. The van der Waals surface area contributed by atoms with Gasteiger partial charge in [0.2, 0.25) is 0 Å². The maximum atomic E-state index is 6.15. The lowest BCUT2D eigenvalue weighted by molar-refractivity contribution is 0.0393. The topological polar surface area (TPSA) is 35.2 Å². The summed E-state index contributed by atoms with van der Waals surface area (Å²) in [5, 5.41) is 0. The first-order valence-electron chi connectivity index (χ1n) is 6.69. The van der Waals surface area contributed by atoms with Gasteiger partial charge in [0, 0.05) is 12.6 Å². The van der Waals surface area contributed by atoms with E-state index in [9.17, 15) is 0 Å². The number of rotatable bonds is 8. The lowest BCUT2D eigenvalue weighted by atomic mass is 10.0. The molecule has 0 bridgehead atoms. The van der Waals surface area contributed by atoms with Crippen molar-refractivity contribution in [1.29, 1.82) is 0 Å². The summed E-state index contributed by atoms with van der Waals surface area (Å²) in [4.78, 5) is 0. The first-order valence-corrected chi connectivity index (χ1v) is 6.69. The molecule has 2 atom stereocenters. The molecule has 0 aliphatic carbocycles. The predicted molar refractivity (Wildman–Crippen MR) is 73.1 cm³/mol. The van der Waals surface area contributed by atoms with Crippen molar-refractivity contribution in [2.45, 2.75) is 51.7 Å². The van der Waals surface area contributed by atoms with Gasteiger partial charge in [-0.25, -0.2) is 0 Å². The highest BCUT2D eigenvalue weighted by atomic mass is 16.5. The molecule has 2 nitrogen and oxygen atoms in total. The Labute approximate surface area is 105 Å². The summed E-state index contributed by atoms with van der Waals surface area (Å²) < 4.78 is 5.63. The van der Waals surface area contributed by atoms with Crippen molar-refractivity contribution < 1.29 is 4.74 Å². The Morgan fingerprint density at radius 2 is 1.88 bits per heavy atom. The molecule has 0 aliphatic rings. The van der Waals surface area contributed by atoms with Gasteiger partial charge in [-0.1, -0.05) is 37.3 Å². The van der Waals surface area contributed by atoms with Gasteiger partial charge < -0.3 is 10.5 Å². The van der Waals surface area contributed by atoms with Crippen LogP contribution < -0.4 is 5.73 Å². The molecular weight excluding hydrogens is 210 g/mol. The fraction of sp³-hybridized carbons (Fsp3) is 0.600. The van der Waals surface area contributed by atoms with E-state index < -0.39 is 0 Å². The molecule has 1 aromatic rings. The van der Waals surface area contributed by atoms with E-state index in [2.05, 4.69) is 37.3 Å². The molecule has 2 unspecified atom stereocenters. The minimum Gasteiger partial charge on any atom is -0.377 e. The zero-order chi connectivity index (χ0) is 12.5. The highest BCUT2D eigenvalue weighted by Crippen LogP contribution is 2.11. The molecule has 0 saturated carbocycles. The van der Waals surface area contributed by atoms with Gasteiger partial charge >= 0.3 is 0 Å². The zero-order valence-electron chi connectivity index (χ0n) is 11.1. The van der Waals surface area contributed by atoms with Crippen LogP contribution in [0, 0.1) is 0 Å². The lowest BCUT2D eigenvalue weighted by Gasteiger charge is -2.22. The predicted octanol–water partition coefficient (Wildman–Crippen LogP) is 3.15. The van der Waals surface area contributed by atoms with Gasteiger partial charge in [-0.15, -0.1) is 0 Å². The molecular formula is C15H25NO. The lowest BCUT2D eigenvalue weighted by Crippen LogP contribution is -2.36. The van der Waals surface area contributed by atoms with Crippen LogP contribution in [-0.4, -0.2) is 18.8 Å². The van der Waals surface area contributed by atoms with Crippen LogP contribution in [0.3, 0.4) is 0 Å². The first-order chi connectivity index (χ1) is 8.27. The molecule has 1 aromatic carbocycles. The summed E-state index contributed by atoms with van der Waals surface area (Å²) >= 11 is 0. The second kappa shape index (κ2) is 8.26. The van der Waals surface area contributed by atoms with Crippen LogP contribution in [0.5, 0.6) is 0 Å². The summed E-state index contributed by atoms with van der Waals surface area (Å²) in [6, 6.07) is 10.7.